The van der Waals surface area contributed by atoms with Crippen LogP contribution in [-0.4, -0.2) is 55.6 Å². The van der Waals surface area contributed by atoms with Gasteiger partial charge in [0.25, 0.3) is 0 Å². The van der Waals surface area contributed by atoms with Gasteiger partial charge in [0.1, 0.15) is 0 Å². The molecule has 2 atom stereocenters. The molecule has 0 aromatic heterocycles. The van der Waals surface area contributed by atoms with E-state index in [1.165, 1.54) is 18.5 Å². The SMILES string of the molecule is CCCNCC(C)N1CCN(C)CC1c1ccccc1. The van der Waals surface area contributed by atoms with Gasteiger partial charge >= 0.3 is 0 Å². The van der Waals surface area contributed by atoms with E-state index in [0.717, 1.165) is 26.2 Å². The van der Waals surface area contributed by atoms with Gasteiger partial charge in [-0.05, 0) is 32.5 Å². The summed E-state index contributed by atoms with van der Waals surface area (Å²) < 4.78 is 0. The Kier molecular flexibility index (Phi) is 6.02. The van der Waals surface area contributed by atoms with Crippen LogP contribution in [0, 0.1) is 0 Å². The maximum atomic E-state index is 3.56. The van der Waals surface area contributed by atoms with Crippen LogP contribution in [0.5, 0.6) is 0 Å². The summed E-state index contributed by atoms with van der Waals surface area (Å²) in [4.78, 5) is 5.11. The molecule has 2 unspecified atom stereocenters. The molecule has 3 nitrogen and oxygen atoms in total. The third-order valence-electron chi connectivity index (χ3n) is 4.24. The molecular formula is C17H29N3. The van der Waals surface area contributed by atoms with E-state index < -0.39 is 0 Å². The number of likely N-dealkylation sites (N-methyl/N-ethyl adjacent to an activating group) is 1. The van der Waals surface area contributed by atoms with Crippen LogP contribution in [0.25, 0.3) is 0 Å². The number of rotatable bonds is 6. The minimum atomic E-state index is 0.522. The summed E-state index contributed by atoms with van der Waals surface area (Å²) in [6.45, 7) is 10.2. The van der Waals surface area contributed by atoms with E-state index in [-0.39, 0.29) is 0 Å². The van der Waals surface area contributed by atoms with Crippen molar-refractivity contribution in [2.45, 2.75) is 32.4 Å². The predicted molar refractivity (Wildman–Crippen MR) is 86.0 cm³/mol. The molecule has 1 N–H and O–H groups in total. The van der Waals surface area contributed by atoms with Gasteiger partial charge in [-0.25, -0.2) is 0 Å². The van der Waals surface area contributed by atoms with E-state index in [2.05, 4.69) is 66.3 Å². The van der Waals surface area contributed by atoms with Crippen molar-refractivity contribution in [3.05, 3.63) is 35.9 Å². The van der Waals surface area contributed by atoms with E-state index >= 15 is 0 Å². The first kappa shape index (κ1) is 15.5. The summed E-state index contributed by atoms with van der Waals surface area (Å²) in [5, 5.41) is 3.56. The first-order valence-electron chi connectivity index (χ1n) is 7.92. The number of hydrogen-bond donors (Lipinski definition) is 1. The van der Waals surface area contributed by atoms with E-state index in [1.54, 1.807) is 0 Å². The molecule has 1 aromatic carbocycles. The zero-order valence-corrected chi connectivity index (χ0v) is 13.2. The highest BCUT2D eigenvalue weighted by atomic mass is 15.3. The van der Waals surface area contributed by atoms with Crippen molar-refractivity contribution in [1.82, 2.24) is 15.1 Å². The molecule has 3 heteroatoms. The van der Waals surface area contributed by atoms with Crippen molar-refractivity contribution in [2.75, 3.05) is 39.8 Å². The van der Waals surface area contributed by atoms with Crippen molar-refractivity contribution in [1.29, 1.82) is 0 Å². The highest BCUT2D eigenvalue weighted by Gasteiger charge is 2.29. The van der Waals surface area contributed by atoms with Gasteiger partial charge in [0, 0.05) is 38.3 Å². The molecule has 0 bridgehead atoms. The molecule has 0 amide bonds. The van der Waals surface area contributed by atoms with Gasteiger partial charge in [0.05, 0.1) is 0 Å². The van der Waals surface area contributed by atoms with Crippen LogP contribution < -0.4 is 5.32 Å². The second-order valence-corrected chi connectivity index (χ2v) is 5.98. The summed E-state index contributed by atoms with van der Waals surface area (Å²) in [5.41, 5.74) is 1.45. The van der Waals surface area contributed by atoms with Gasteiger partial charge in [-0.1, -0.05) is 37.3 Å². The topological polar surface area (TPSA) is 18.5 Å². The van der Waals surface area contributed by atoms with E-state index in [1.807, 2.05) is 0 Å². The van der Waals surface area contributed by atoms with Gasteiger partial charge in [-0.3, -0.25) is 4.90 Å². The molecule has 20 heavy (non-hydrogen) atoms. The molecule has 0 spiro atoms. The Hall–Kier alpha value is -0.900. The predicted octanol–water partition coefficient (Wildman–Crippen LogP) is 2.36. The molecule has 1 heterocycles. The van der Waals surface area contributed by atoms with E-state index in [4.69, 9.17) is 0 Å². The molecular weight excluding hydrogens is 246 g/mol. The molecule has 1 aliphatic rings. The minimum absolute atomic E-state index is 0.522. The molecule has 112 valence electrons. The van der Waals surface area contributed by atoms with Crippen molar-refractivity contribution in [3.8, 4) is 0 Å². The van der Waals surface area contributed by atoms with E-state index in [0.29, 0.717) is 12.1 Å². The highest BCUT2D eigenvalue weighted by Crippen LogP contribution is 2.26. The molecule has 1 saturated heterocycles. The largest absolute Gasteiger partial charge is 0.315 e. The number of hydrogen-bond acceptors (Lipinski definition) is 3. The van der Waals surface area contributed by atoms with Crippen LogP contribution in [0.15, 0.2) is 30.3 Å². The Bertz CT molecular complexity index is 379. The van der Waals surface area contributed by atoms with Crippen LogP contribution in [0.4, 0.5) is 0 Å². The minimum Gasteiger partial charge on any atom is -0.315 e. The molecule has 1 fully saturated rings. The average molecular weight is 275 g/mol. The Balaban J connectivity index is 2.04. The number of nitrogens with one attached hydrogen (secondary N) is 1. The molecule has 0 saturated carbocycles. The van der Waals surface area contributed by atoms with Gasteiger partial charge in [-0.15, -0.1) is 0 Å². The summed E-state index contributed by atoms with van der Waals surface area (Å²) in [6.07, 6.45) is 1.21. The van der Waals surface area contributed by atoms with Gasteiger partial charge in [-0.2, -0.15) is 0 Å². The van der Waals surface area contributed by atoms with Gasteiger partial charge in [0.2, 0.25) is 0 Å². The molecule has 0 radical (unpaired) electrons. The average Bonchev–Trinajstić information content (AvgIpc) is 2.48. The van der Waals surface area contributed by atoms with Gasteiger partial charge < -0.3 is 10.2 Å². The van der Waals surface area contributed by atoms with Crippen LogP contribution in [0.3, 0.4) is 0 Å². The maximum Gasteiger partial charge on any atom is 0.0478 e. The lowest BCUT2D eigenvalue weighted by atomic mass is 10.0. The molecule has 2 rings (SSSR count). The van der Waals surface area contributed by atoms with Gasteiger partial charge in [0.15, 0.2) is 0 Å². The Morgan fingerprint density at radius 3 is 2.70 bits per heavy atom. The van der Waals surface area contributed by atoms with Crippen molar-refractivity contribution < 1.29 is 0 Å². The number of piperazine rings is 1. The molecule has 0 aliphatic carbocycles. The third-order valence-corrected chi connectivity index (χ3v) is 4.24. The van der Waals surface area contributed by atoms with E-state index in [9.17, 15) is 0 Å². The van der Waals surface area contributed by atoms with Crippen LogP contribution in [-0.2, 0) is 0 Å². The third kappa shape index (κ3) is 4.05. The normalized spacial score (nSPS) is 22.9. The number of nitrogens with zero attached hydrogens (tertiary/aromatic N) is 2. The summed E-state index contributed by atoms with van der Waals surface area (Å²) in [7, 11) is 2.23. The zero-order valence-electron chi connectivity index (χ0n) is 13.2. The van der Waals surface area contributed by atoms with Crippen LogP contribution in [0.2, 0.25) is 0 Å². The Morgan fingerprint density at radius 1 is 1.25 bits per heavy atom. The maximum absolute atomic E-state index is 3.56. The quantitative estimate of drug-likeness (QED) is 0.804. The lowest BCUT2D eigenvalue weighted by Gasteiger charge is -2.43. The standard InChI is InChI=1S/C17H29N3/c1-4-10-18-13-15(2)20-12-11-19(3)14-17(20)16-8-6-5-7-9-16/h5-9,15,17-18H,4,10-14H2,1-3H3. The lowest BCUT2D eigenvalue weighted by Crippen LogP contribution is -2.52. The Morgan fingerprint density at radius 2 is 2.00 bits per heavy atom. The number of benzene rings is 1. The van der Waals surface area contributed by atoms with Crippen molar-refractivity contribution in [3.63, 3.8) is 0 Å². The highest BCUT2D eigenvalue weighted by molar-refractivity contribution is 5.20. The summed E-state index contributed by atoms with van der Waals surface area (Å²) >= 11 is 0. The fourth-order valence-corrected chi connectivity index (χ4v) is 3.04. The van der Waals surface area contributed by atoms with Crippen molar-refractivity contribution >= 4 is 0 Å². The first-order chi connectivity index (χ1) is 9.72. The summed E-state index contributed by atoms with van der Waals surface area (Å²) in [5.74, 6) is 0. The molecule has 1 aromatic rings. The van der Waals surface area contributed by atoms with Crippen LogP contribution in [0.1, 0.15) is 31.9 Å². The zero-order chi connectivity index (χ0) is 14.4. The smallest absolute Gasteiger partial charge is 0.0478 e. The van der Waals surface area contributed by atoms with Crippen molar-refractivity contribution in [2.24, 2.45) is 0 Å². The summed E-state index contributed by atoms with van der Waals surface area (Å²) in [6, 6.07) is 12.1. The Labute approximate surface area is 124 Å². The fraction of sp³-hybridized carbons (Fsp3) is 0.647. The second kappa shape index (κ2) is 7.77. The van der Waals surface area contributed by atoms with Crippen LogP contribution >= 0.6 is 0 Å². The monoisotopic (exact) mass is 275 g/mol. The fourth-order valence-electron chi connectivity index (χ4n) is 3.04. The first-order valence-corrected chi connectivity index (χ1v) is 7.92. The second-order valence-electron chi connectivity index (χ2n) is 5.98. The lowest BCUT2D eigenvalue weighted by molar-refractivity contribution is 0.0575. The molecule has 1 aliphatic heterocycles.